The minimum Gasteiger partial charge on any atom is -0.342 e. The molecule has 17 heavy (non-hydrogen) atoms. The van der Waals surface area contributed by atoms with E-state index in [-0.39, 0.29) is 0 Å². The summed E-state index contributed by atoms with van der Waals surface area (Å²) in [6, 6.07) is 0. The first kappa shape index (κ1) is 12.8. The average molecular weight is 239 g/mol. The molecule has 2 aliphatic heterocycles. The largest absolute Gasteiger partial charge is 0.342 e. The van der Waals surface area contributed by atoms with E-state index in [1.54, 1.807) is 0 Å². The van der Waals surface area contributed by atoms with E-state index in [1.807, 2.05) is 4.90 Å². The van der Waals surface area contributed by atoms with Crippen LogP contribution >= 0.6 is 0 Å². The zero-order valence-electron chi connectivity index (χ0n) is 10.7. The first-order chi connectivity index (χ1) is 8.36. The molecular weight excluding hydrogens is 214 g/mol. The SMILES string of the molecule is O=C(CNCC1CCNCC1)N1CCCCC1. The molecule has 0 aromatic heterocycles. The fourth-order valence-corrected chi connectivity index (χ4v) is 2.72. The van der Waals surface area contributed by atoms with Gasteiger partial charge in [-0.1, -0.05) is 0 Å². The predicted octanol–water partition coefficient (Wildman–Crippen LogP) is 0.588. The molecule has 2 N–H and O–H groups in total. The molecule has 98 valence electrons. The summed E-state index contributed by atoms with van der Waals surface area (Å²) in [6.45, 7) is 5.73. The summed E-state index contributed by atoms with van der Waals surface area (Å²) >= 11 is 0. The number of likely N-dealkylation sites (tertiary alicyclic amines) is 1. The Bertz CT molecular complexity index is 233. The van der Waals surface area contributed by atoms with Gasteiger partial charge in [-0.25, -0.2) is 0 Å². The lowest BCUT2D eigenvalue weighted by atomic mass is 9.98. The van der Waals surface area contributed by atoms with Crippen LogP contribution in [0.25, 0.3) is 0 Å². The van der Waals surface area contributed by atoms with Gasteiger partial charge in [0.05, 0.1) is 6.54 Å². The number of rotatable bonds is 4. The second-order valence-electron chi connectivity index (χ2n) is 5.27. The molecule has 4 heteroatoms. The van der Waals surface area contributed by atoms with Crippen LogP contribution in [0.2, 0.25) is 0 Å². The molecule has 2 heterocycles. The minimum atomic E-state index is 0.290. The van der Waals surface area contributed by atoms with Crippen molar-refractivity contribution in [3.05, 3.63) is 0 Å². The van der Waals surface area contributed by atoms with Crippen LogP contribution in [-0.2, 0) is 4.79 Å². The maximum absolute atomic E-state index is 11.9. The average Bonchev–Trinajstić information content (AvgIpc) is 2.41. The van der Waals surface area contributed by atoms with Crippen LogP contribution in [0.15, 0.2) is 0 Å². The zero-order valence-corrected chi connectivity index (χ0v) is 10.7. The molecule has 0 radical (unpaired) electrons. The van der Waals surface area contributed by atoms with Gasteiger partial charge in [0.15, 0.2) is 0 Å². The molecular formula is C13H25N3O. The van der Waals surface area contributed by atoms with Gasteiger partial charge in [-0.2, -0.15) is 0 Å². The Labute approximate surface area is 104 Å². The third-order valence-corrected chi connectivity index (χ3v) is 3.88. The van der Waals surface area contributed by atoms with Gasteiger partial charge in [0, 0.05) is 13.1 Å². The Morgan fingerprint density at radius 3 is 2.59 bits per heavy atom. The van der Waals surface area contributed by atoms with Gasteiger partial charge in [-0.05, 0) is 57.7 Å². The van der Waals surface area contributed by atoms with Crippen LogP contribution in [0, 0.1) is 5.92 Å². The van der Waals surface area contributed by atoms with Gasteiger partial charge in [-0.3, -0.25) is 4.79 Å². The van der Waals surface area contributed by atoms with Crippen molar-refractivity contribution < 1.29 is 4.79 Å². The second kappa shape index (κ2) is 6.97. The fraction of sp³-hybridized carbons (Fsp3) is 0.923. The van der Waals surface area contributed by atoms with E-state index in [1.165, 1.54) is 32.1 Å². The lowest BCUT2D eigenvalue weighted by Gasteiger charge is -2.27. The van der Waals surface area contributed by atoms with Crippen molar-refractivity contribution in [2.45, 2.75) is 32.1 Å². The molecule has 0 aromatic carbocycles. The molecule has 4 nitrogen and oxygen atoms in total. The van der Waals surface area contributed by atoms with Crippen molar-refractivity contribution >= 4 is 5.91 Å². The van der Waals surface area contributed by atoms with E-state index in [2.05, 4.69) is 10.6 Å². The third-order valence-electron chi connectivity index (χ3n) is 3.88. The van der Waals surface area contributed by atoms with Crippen LogP contribution in [0.1, 0.15) is 32.1 Å². The molecule has 0 spiro atoms. The highest BCUT2D eigenvalue weighted by Gasteiger charge is 2.17. The molecule has 2 rings (SSSR count). The normalized spacial score (nSPS) is 22.7. The number of carbonyl (C=O) groups is 1. The van der Waals surface area contributed by atoms with Crippen molar-refractivity contribution in [3.8, 4) is 0 Å². The molecule has 0 aliphatic carbocycles. The number of amides is 1. The van der Waals surface area contributed by atoms with Gasteiger partial charge >= 0.3 is 0 Å². The van der Waals surface area contributed by atoms with Crippen molar-refractivity contribution in [2.75, 3.05) is 39.3 Å². The lowest BCUT2D eigenvalue weighted by Crippen LogP contribution is -2.42. The second-order valence-corrected chi connectivity index (χ2v) is 5.27. The van der Waals surface area contributed by atoms with Crippen molar-refractivity contribution in [1.82, 2.24) is 15.5 Å². The van der Waals surface area contributed by atoms with E-state index < -0.39 is 0 Å². The highest BCUT2D eigenvalue weighted by Crippen LogP contribution is 2.10. The highest BCUT2D eigenvalue weighted by atomic mass is 16.2. The van der Waals surface area contributed by atoms with Crippen LogP contribution in [-0.4, -0.2) is 50.1 Å². The quantitative estimate of drug-likeness (QED) is 0.754. The molecule has 0 saturated carbocycles. The highest BCUT2D eigenvalue weighted by molar-refractivity contribution is 5.78. The summed E-state index contributed by atoms with van der Waals surface area (Å²) in [5.41, 5.74) is 0. The monoisotopic (exact) mass is 239 g/mol. The van der Waals surface area contributed by atoms with Gasteiger partial charge in [0.2, 0.25) is 5.91 Å². The smallest absolute Gasteiger partial charge is 0.236 e. The topological polar surface area (TPSA) is 44.4 Å². The summed E-state index contributed by atoms with van der Waals surface area (Å²) in [5.74, 6) is 1.05. The van der Waals surface area contributed by atoms with Gasteiger partial charge < -0.3 is 15.5 Å². The molecule has 2 saturated heterocycles. The summed E-state index contributed by atoms with van der Waals surface area (Å²) in [5, 5.41) is 6.70. The molecule has 0 bridgehead atoms. The number of nitrogens with one attached hydrogen (secondary N) is 2. The Kier molecular flexibility index (Phi) is 5.26. The zero-order chi connectivity index (χ0) is 11.9. The van der Waals surface area contributed by atoms with E-state index in [9.17, 15) is 4.79 Å². The first-order valence-electron chi connectivity index (χ1n) is 7.05. The maximum Gasteiger partial charge on any atom is 0.236 e. The number of hydrogen-bond acceptors (Lipinski definition) is 3. The molecule has 2 aliphatic rings. The van der Waals surface area contributed by atoms with Crippen LogP contribution < -0.4 is 10.6 Å². The fourth-order valence-electron chi connectivity index (χ4n) is 2.72. The van der Waals surface area contributed by atoms with Crippen LogP contribution in [0.3, 0.4) is 0 Å². The molecule has 0 atom stereocenters. The Morgan fingerprint density at radius 2 is 1.88 bits per heavy atom. The van der Waals surface area contributed by atoms with Crippen LogP contribution in [0.5, 0.6) is 0 Å². The first-order valence-corrected chi connectivity index (χ1v) is 7.05. The summed E-state index contributed by atoms with van der Waals surface area (Å²) < 4.78 is 0. The molecule has 2 fully saturated rings. The van der Waals surface area contributed by atoms with Crippen LogP contribution in [0.4, 0.5) is 0 Å². The molecule has 0 aromatic rings. The maximum atomic E-state index is 11.9. The molecule has 0 unspecified atom stereocenters. The van der Waals surface area contributed by atoms with Crippen molar-refractivity contribution in [2.24, 2.45) is 5.92 Å². The number of piperidine rings is 2. The Hall–Kier alpha value is -0.610. The van der Waals surface area contributed by atoms with E-state index in [4.69, 9.17) is 0 Å². The standard InChI is InChI=1S/C13H25N3O/c17-13(16-8-2-1-3-9-16)11-15-10-12-4-6-14-7-5-12/h12,14-15H,1-11H2. The number of hydrogen-bond donors (Lipinski definition) is 2. The van der Waals surface area contributed by atoms with Gasteiger partial charge in [0.1, 0.15) is 0 Å². The summed E-state index contributed by atoms with van der Waals surface area (Å²) in [7, 11) is 0. The number of carbonyl (C=O) groups excluding carboxylic acids is 1. The Morgan fingerprint density at radius 1 is 1.18 bits per heavy atom. The predicted molar refractivity (Wildman–Crippen MR) is 68.9 cm³/mol. The third kappa shape index (κ3) is 4.28. The minimum absolute atomic E-state index is 0.290. The summed E-state index contributed by atoms with van der Waals surface area (Å²) in [4.78, 5) is 13.9. The molecule has 1 amide bonds. The lowest BCUT2D eigenvalue weighted by molar-refractivity contribution is -0.131. The Balaban J connectivity index is 1.58. The van der Waals surface area contributed by atoms with Crippen molar-refractivity contribution in [1.29, 1.82) is 0 Å². The van der Waals surface area contributed by atoms with E-state index >= 15 is 0 Å². The van der Waals surface area contributed by atoms with Gasteiger partial charge in [0.25, 0.3) is 0 Å². The van der Waals surface area contributed by atoms with Crippen molar-refractivity contribution in [3.63, 3.8) is 0 Å². The number of nitrogens with zero attached hydrogens (tertiary/aromatic N) is 1. The summed E-state index contributed by atoms with van der Waals surface area (Å²) in [6.07, 6.45) is 6.13. The van der Waals surface area contributed by atoms with E-state index in [0.29, 0.717) is 12.5 Å². The van der Waals surface area contributed by atoms with Gasteiger partial charge in [-0.15, -0.1) is 0 Å². The van der Waals surface area contributed by atoms with E-state index in [0.717, 1.165) is 38.6 Å².